The number of ether oxygens (including phenoxy) is 2. The summed E-state index contributed by atoms with van der Waals surface area (Å²) >= 11 is 6.03. The number of hydrogen-bond acceptors (Lipinski definition) is 7. The predicted octanol–water partition coefficient (Wildman–Crippen LogP) is 2.88. The highest BCUT2D eigenvalue weighted by Gasteiger charge is 2.10. The van der Waals surface area contributed by atoms with Gasteiger partial charge in [-0.05, 0) is 36.8 Å². The van der Waals surface area contributed by atoms with Crippen LogP contribution >= 0.6 is 11.6 Å². The topological polar surface area (TPSA) is 154 Å². The van der Waals surface area contributed by atoms with Gasteiger partial charge in [0.25, 0.3) is 0 Å². The Morgan fingerprint density at radius 2 is 1.88 bits per heavy atom. The lowest BCUT2D eigenvalue weighted by atomic mass is 10.3. The lowest BCUT2D eigenvalue weighted by molar-refractivity contribution is -0.140. The monoisotopic (exact) mass is 474 g/mol. The first-order valence-corrected chi connectivity index (χ1v) is 10.2. The molecule has 0 fully saturated rings. The van der Waals surface area contributed by atoms with Gasteiger partial charge in [-0.2, -0.15) is 5.26 Å². The highest BCUT2D eigenvalue weighted by atomic mass is 35.5. The van der Waals surface area contributed by atoms with Gasteiger partial charge in [0.15, 0.2) is 0 Å². The Balaban J connectivity index is 1.78. The molecule has 0 aliphatic heterocycles. The molecule has 2 rings (SSSR count). The van der Waals surface area contributed by atoms with Crippen LogP contribution in [0.2, 0.25) is 5.02 Å². The van der Waals surface area contributed by atoms with Gasteiger partial charge in [0.05, 0.1) is 31.4 Å². The second-order valence-electron chi connectivity index (χ2n) is 6.47. The highest BCUT2D eigenvalue weighted by Crippen LogP contribution is 2.28. The Morgan fingerprint density at radius 3 is 2.58 bits per heavy atom. The summed E-state index contributed by atoms with van der Waals surface area (Å²) in [5.41, 5.74) is 0.724. The second kappa shape index (κ2) is 13.4. The number of anilines is 2. The molecular formula is C21H23ClN6O5. The maximum atomic E-state index is 12.3. The molecule has 1 aromatic carbocycles. The van der Waals surface area contributed by atoms with E-state index < -0.39 is 18.0 Å². The average molecular weight is 475 g/mol. The summed E-state index contributed by atoms with van der Waals surface area (Å²) in [6.07, 6.45) is 1.93. The number of esters is 1. The number of pyridine rings is 1. The average Bonchev–Trinajstić information content (AvgIpc) is 2.80. The zero-order valence-corrected chi connectivity index (χ0v) is 18.6. The number of carbonyl (C=O) groups excluding carboxylic acids is 3. The van der Waals surface area contributed by atoms with Gasteiger partial charge in [0.2, 0.25) is 0 Å². The Labute approximate surface area is 195 Å². The van der Waals surface area contributed by atoms with Gasteiger partial charge < -0.3 is 25.4 Å². The van der Waals surface area contributed by atoms with Crippen molar-refractivity contribution in [2.24, 2.45) is 0 Å². The van der Waals surface area contributed by atoms with Crippen molar-refractivity contribution in [1.82, 2.24) is 15.6 Å². The standard InChI is InChI=1S/C21H23ClN6O5/c1-32-19(29)7-9-25-20(30)24-8-2-10-33-17-5-4-15(22)11-16(17)27-21(31)28-18-6-3-14(12-23)13-26-18/h3-6,11,13H,2,7-10H2,1H3,(H2,24,25,30)(H2,26,27,28,31). The summed E-state index contributed by atoms with van der Waals surface area (Å²) in [7, 11) is 1.28. The third-order valence-corrected chi connectivity index (χ3v) is 4.27. The number of carbonyl (C=O) groups is 3. The van der Waals surface area contributed by atoms with Crippen molar-refractivity contribution >= 4 is 41.1 Å². The Bertz CT molecular complexity index is 1010. The first-order chi connectivity index (χ1) is 15.9. The van der Waals surface area contributed by atoms with E-state index in [1.807, 2.05) is 6.07 Å². The number of benzene rings is 1. The largest absolute Gasteiger partial charge is 0.491 e. The number of halogens is 1. The fourth-order valence-corrected chi connectivity index (χ4v) is 2.60. The Hall–Kier alpha value is -4.04. The van der Waals surface area contributed by atoms with E-state index in [0.29, 0.717) is 35.0 Å². The van der Waals surface area contributed by atoms with Crippen LogP contribution in [-0.2, 0) is 9.53 Å². The van der Waals surface area contributed by atoms with Crippen molar-refractivity contribution in [2.75, 3.05) is 37.4 Å². The zero-order chi connectivity index (χ0) is 24.1. The maximum absolute atomic E-state index is 12.3. The molecule has 174 valence electrons. The summed E-state index contributed by atoms with van der Waals surface area (Å²) < 4.78 is 10.2. The fourth-order valence-electron chi connectivity index (χ4n) is 2.43. The molecule has 0 saturated heterocycles. The van der Waals surface area contributed by atoms with E-state index in [1.54, 1.807) is 12.1 Å². The SMILES string of the molecule is COC(=O)CCNC(=O)NCCCOc1ccc(Cl)cc1NC(=O)Nc1ccc(C#N)cn1. The summed E-state index contributed by atoms with van der Waals surface area (Å²) in [5.74, 6) is 0.259. The minimum atomic E-state index is -0.565. The molecule has 0 unspecified atom stereocenters. The number of rotatable bonds is 10. The smallest absolute Gasteiger partial charge is 0.324 e. The summed E-state index contributed by atoms with van der Waals surface area (Å²) in [6.45, 7) is 0.775. The van der Waals surface area contributed by atoms with Crippen molar-refractivity contribution in [3.63, 3.8) is 0 Å². The number of nitrogens with zero attached hydrogens (tertiary/aromatic N) is 2. The molecule has 33 heavy (non-hydrogen) atoms. The molecule has 0 saturated carbocycles. The van der Waals surface area contributed by atoms with Crippen molar-refractivity contribution in [3.8, 4) is 11.8 Å². The van der Waals surface area contributed by atoms with Gasteiger partial charge in [-0.25, -0.2) is 14.6 Å². The van der Waals surface area contributed by atoms with E-state index in [4.69, 9.17) is 21.6 Å². The van der Waals surface area contributed by atoms with Crippen molar-refractivity contribution in [2.45, 2.75) is 12.8 Å². The van der Waals surface area contributed by atoms with Crippen molar-refractivity contribution < 1.29 is 23.9 Å². The Morgan fingerprint density at radius 1 is 1.09 bits per heavy atom. The number of methoxy groups -OCH3 is 1. The van der Waals surface area contributed by atoms with E-state index >= 15 is 0 Å². The number of urea groups is 2. The van der Waals surface area contributed by atoms with Crippen LogP contribution in [0.15, 0.2) is 36.5 Å². The number of amides is 4. The molecule has 1 aromatic heterocycles. The maximum Gasteiger partial charge on any atom is 0.324 e. The van der Waals surface area contributed by atoms with Crippen LogP contribution in [0.4, 0.5) is 21.1 Å². The highest BCUT2D eigenvalue weighted by molar-refractivity contribution is 6.31. The van der Waals surface area contributed by atoms with E-state index in [1.165, 1.54) is 31.5 Å². The van der Waals surface area contributed by atoms with E-state index in [-0.39, 0.29) is 25.4 Å². The lowest BCUT2D eigenvalue weighted by Crippen LogP contribution is -2.37. The molecule has 12 heteroatoms. The number of aromatic nitrogens is 1. The van der Waals surface area contributed by atoms with Gasteiger partial charge in [0, 0.05) is 24.3 Å². The third kappa shape index (κ3) is 9.32. The number of nitrogens with one attached hydrogen (secondary N) is 4. The van der Waals surface area contributed by atoms with Crippen LogP contribution in [0.5, 0.6) is 5.75 Å². The number of hydrogen-bond donors (Lipinski definition) is 4. The molecule has 0 atom stereocenters. The first kappa shape index (κ1) is 25.2. The normalized spacial score (nSPS) is 9.85. The molecule has 4 amide bonds. The van der Waals surface area contributed by atoms with E-state index in [2.05, 4.69) is 31.0 Å². The lowest BCUT2D eigenvalue weighted by Gasteiger charge is -2.14. The van der Waals surface area contributed by atoms with Gasteiger partial charge >= 0.3 is 18.0 Å². The third-order valence-electron chi connectivity index (χ3n) is 4.03. The van der Waals surface area contributed by atoms with Crippen molar-refractivity contribution in [3.05, 3.63) is 47.1 Å². The molecule has 0 radical (unpaired) electrons. The van der Waals surface area contributed by atoms with Crippen LogP contribution < -0.4 is 26.0 Å². The van der Waals surface area contributed by atoms with Crippen LogP contribution in [0.3, 0.4) is 0 Å². The molecule has 1 heterocycles. The zero-order valence-electron chi connectivity index (χ0n) is 17.8. The van der Waals surface area contributed by atoms with Gasteiger partial charge in [-0.3, -0.25) is 10.1 Å². The quantitative estimate of drug-likeness (QED) is 0.305. The summed E-state index contributed by atoms with van der Waals surface area (Å²) in [4.78, 5) is 38.9. The molecule has 0 bridgehead atoms. The second-order valence-corrected chi connectivity index (χ2v) is 6.91. The van der Waals surface area contributed by atoms with Crippen molar-refractivity contribution in [1.29, 1.82) is 5.26 Å². The Kier molecular flexibility index (Phi) is 10.2. The van der Waals surface area contributed by atoms with Crippen LogP contribution in [0.25, 0.3) is 0 Å². The molecule has 0 spiro atoms. The van der Waals surface area contributed by atoms with Gasteiger partial charge in [-0.1, -0.05) is 11.6 Å². The van der Waals surface area contributed by atoms with E-state index in [9.17, 15) is 14.4 Å². The number of nitriles is 1. The molecule has 2 aromatic rings. The van der Waals surface area contributed by atoms with Gasteiger partial charge in [0.1, 0.15) is 17.6 Å². The van der Waals surface area contributed by atoms with Gasteiger partial charge in [-0.15, -0.1) is 0 Å². The molecule has 4 N–H and O–H groups in total. The summed E-state index contributed by atoms with van der Waals surface area (Å²) in [6, 6.07) is 8.79. The fraction of sp³-hybridized carbons (Fsp3) is 0.286. The minimum Gasteiger partial charge on any atom is -0.491 e. The molecule has 0 aliphatic carbocycles. The molecule has 11 nitrogen and oxygen atoms in total. The summed E-state index contributed by atoms with van der Waals surface area (Å²) in [5, 5.41) is 19.6. The molecule has 0 aliphatic rings. The first-order valence-electron chi connectivity index (χ1n) is 9.86. The predicted molar refractivity (Wildman–Crippen MR) is 121 cm³/mol. The van der Waals surface area contributed by atoms with Crippen LogP contribution in [0, 0.1) is 11.3 Å². The molecular weight excluding hydrogens is 452 g/mol. The van der Waals surface area contributed by atoms with E-state index in [0.717, 1.165) is 0 Å². The van der Waals surface area contributed by atoms with Crippen LogP contribution in [0.1, 0.15) is 18.4 Å². The minimum absolute atomic E-state index is 0.0915. The van der Waals surface area contributed by atoms with Crippen LogP contribution in [-0.4, -0.2) is 49.8 Å².